The van der Waals surface area contributed by atoms with Gasteiger partial charge in [0.25, 0.3) is 11.6 Å². The molecule has 0 unspecified atom stereocenters. The number of nitro benzene ring substituents is 1. The minimum atomic E-state index is -3.52. The quantitative estimate of drug-likeness (QED) is 0.508. The molecule has 9 nitrogen and oxygen atoms in total. The van der Waals surface area contributed by atoms with Crippen molar-refractivity contribution in [3.63, 3.8) is 0 Å². The molecule has 1 heterocycles. The van der Waals surface area contributed by atoms with Crippen LogP contribution in [0, 0.1) is 10.1 Å². The van der Waals surface area contributed by atoms with Gasteiger partial charge < -0.3 is 10.2 Å². The maximum Gasteiger partial charge on any atom is 0.269 e. The molecule has 3 rings (SSSR count). The Hall–Kier alpha value is -2.69. The average molecular weight is 453 g/mol. The topological polar surface area (TPSA) is 113 Å². The maximum absolute atomic E-state index is 12.6. The van der Waals surface area contributed by atoms with Crippen LogP contribution in [0.15, 0.2) is 48.5 Å². The van der Waals surface area contributed by atoms with E-state index in [4.69, 9.17) is 11.6 Å². The maximum atomic E-state index is 12.6. The highest BCUT2D eigenvalue weighted by atomic mass is 35.5. The average Bonchev–Trinajstić information content (AvgIpc) is 2.73. The molecule has 0 spiro atoms. The van der Waals surface area contributed by atoms with Gasteiger partial charge in [0.1, 0.15) is 0 Å². The molecule has 1 aliphatic heterocycles. The van der Waals surface area contributed by atoms with Gasteiger partial charge >= 0.3 is 0 Å². The predicted molar refractivity (Wildman–Crippen MR) is 114 cm³/mol. The van der Waals surface area contributed by atoms with E-state index in [0.717, 1.165) is 5.69 Å². The van der Waals surface area contributed by atoms with Crippen molar-refractivity contribution in [1.29, 1.82) is 0 Å². The number of halogens is 1. The molecule has 1 fully saturated rings. The van der Waals surface area contributed by atoms with Gasteiger partial charge in [0.05, 0.1) is 10.7 Å². The fraction of sp³-hybridized carbons (Fsp3) is 0.316. The number of sulfonamides is 1. The van der Waals surface area contributed by atoms with Crippen LogP contribution >= 0.6 is 11.6 Å². The van der Waals surface area contributed by atoms with Gasteiger partial charge in [-0.3, -0.25) is 14.9 Å². The number of nitro groups is 1. The second-order valence-electron chi connectivity index (χ2n) is 6.74. The molecular formula is C19H21ClN4O5S. The summed E-state index contributed by atoms with van der Waals surface area (Å²) < 4.78 is 26.6. The molecule has 1 saturated heterocycles. The summed E-state index contributed by atoms with van der Waals surface area (Å²) in [7, 11) is -3.52. The number of hydrogen-bond acceptors (Lipinski definition) is 6. The van der Waals surface area contributed by atoms with Crippen molar-refractivity contribution in [3.8, 4) is 0 Å². The first-order chi connectivity index (χ1) is 14.3. The Morgan fingerprint density at radius 2 is 1.77 bits per heavy atom. The SMILES string of the molecule is O=C(NCCS(=O)(=O)N1CCN(c2cccc(Cl)c2)CC1)c1ccc([N+](=O)[O-])cc1. The van der Waals surface area contributed by atoms with Crippen LogP contribution in [0.4, 0.5) is 11.4 Å². The highest BCUT2D eigenvalue weighted by molar-refractivity contribution is 7.89. The lowest BCUT2D eigenvalue weighted by molar-refractivity contribution is -0.384. The number of amides is 1. The summed E-state index contributed by atoms with van der Waals surface area (Å²) in [5.41, 5.74) is 1.06. The third-order valence-electron chi connectivity index (χ3n) is 4.79. The highest BCUT2D eigenvalue weighted by Gasteiger charge is 2.27. The van der Waals surface area contributed by atoms with E-state index in [1.807, 2.05) is 18.2 Å². The van der Waals surface area contributed by atoms with Crippen LogP contribution in [0.25, 0.3) is 0 Å². The molecule has 2 aromatic rings. The van der Waals surface area contributed by atoms with Crippen molar-refractivity contribution in [2.24, 2.45) is 0 Å². The Kier molecular flexibility index (Phi) is 6.91. The summed E-state index contributed by atoms with van der Waals surface area (Å²) >= 11 is 6.02. The molecule has 1 aliphatic rings. The molecule has 11 heteroatoms. The number of rotatable bonds is 7. The monoisotopic (exact) mass is 452 g/mol. The van der Waals surface area contributed by atoms with Gasteiger partial charge in [-0.15, -0.1) is 0 Å². The first-order valence-corrected chi connectivity index (χ1v) is 11.3. The molecule has 1 N–H and O–H groups in total. The summed E-state index contributed by atoms with van der Waals surface area (Å²) in [6, 6.07) is 12.5. The number of benzene rings is 2. The lowest BCUT2D eigenvalue weighted by Gasteiger charge is -2.35. The number of anilines is 1. The molecule has 0 aromatic heterocycles. The van der Waals surface area contributed by atoms with Gasteiger partial charge in [-0.2, -0.15) is 4.31 Å². The standard InChI is InChI=1S/C19H21ClN4O5S/c20-16-2-1-3-18(14-16)22-9-11-23(12-10-22)30(28,29)13-8-21-19(25)15-4-6-17(7-5-15)24(26)27/h1-7,14H,8-13H2,(H,21,25). The smallest absolute Gasteiger partial charge is 0.269 e. The Balaban J connectivity index is 1.48. The largest absolute Gasteiger partial charge is 0.369 e. The molecule has 0 aliphatic carbocycles. The molecule has 0 radical (unpaired) electrons. The number of non-ortho nitro benzene ring substituents is 1. The van der Waals surface area contributed by atoms with Crippen LogP contribution in [-0.4, -0.2) is 62.0 Å². The minimum absolute atomic E-state index is 0.0489. The van der Waals surface area contributed by atoms with Crippen molar-refractivity contribution in [3.05, 3.63) is 69.2 Å². The fourth-order valence-electron chi connectivity index (χ4n) is 3.16. The van der Waals surface area contributed by atoms with E-state index in [9.17, 15) is 23.3 Å². The summed E-state index contributed by atoms with van der Waals surface area (Å²) in [5.74, 6) is -0.700. The number of carbonyl (C=O) groups is 1. The predicted octanol–water partition coefficient (Wildman–Crippen LogP) is 2.13. The molecular weight excluding hydrogens is 432 g/mol. The Morgan fingerprint density at radius 3 is 2.37 bits per heavy atom. The van der Waals surface area contributed by atoms with Crippen LogP contribution in [-0.2, 0) is 10.0 Å². The molecule has 2 aromatic carbocycles. The third-order valence-corrected chi connectivity index (χ3v) is 6.90. The van der Waals surface area contributed by atoms with Gasteiger partial charge in [-0.25, -0.2) is 8.42 Å². The number of piperazine rings is 1. The molecule has 160 valence electrons. The minimum Gasteiger partial charge on any atom is -0.369 e. The van der Waals surface area contributed by atoms with E-state index in [1.165, 1.54) is 28.6 Å². The zero-order chi connectivity index (χ0) is 21.7. The van der Waals surface area contributed by atoms with E-state index < -0.39 is 20.9 Å². The van der Waals surface area contributed by atoms with Gasteiger partial charge in [0.2, 0.25) is 10.0 Å². The Labute approximate surface area is 179 Å². The fourth-order valence-corrected chi connectivity index (χ4v) is 4.68. The Bertz CT molecular complexity index is 1020. The van der Waals surface area contributed by atoms with E-state index in [0.29, 0.717) is 31.2 Å². The second kappa shape index (κ2) is 9.41. The van der Waals surface area contributed by atoms with Gasteiger partial charge in [-0.05, 0) is 30.3 Å². The first kappa shape index (κ1) is 22.0. The van der Waals surface area contributed by atoms with Crippen molar-refractivity contribution in [2.75, 3.05) is 43.4 Å². The van der Waals surface area contributed by atoms with E-state index >= 15 is 0 Å². The number of nitrogens with zero attached hydrogens (tertiary/aromatic N) is 3. The number of hydrogen-bond donors (Lipinski definition) is 1. The van der Waals surface area contributed by atoms with Gasteiger partial charge in [0, 0.05) is 61.1 Å². The third kappa shape index (κ3) is 5.47. The van der Waals surface area contributed by atoms with Crippen molar-refractivity contribution in [1.82, 2.24) is 9.62 Å². The lowest BCUT2D eigenvalue weighted by Crippen LogP contribution is -2.50. The van der Waals surface area contributed by atoms with Crippen molar-refractivity contribution >= 4 is 38.9 Å². The second-order valence-corrected chi connectivity index (χ2v) is 9.27. The zero-order valence-electron chi connectivity index (χ0n) is 16.0. The molecule has 1 amide bonds. The van der Waals surface area contributed by atoms with Crippen LogP contribution in [0.5, 0.6) is 0 Å². The lowest BCUT2D eigenvalue weighted by atomic mass is 10.2. The summed E-state index contributed by atoms with van der Waals surface area (Å²) in [4.78, 5) is 24.3. The van der Waals surface area contributed by atoms with Crippen LogP contribution < -0.4 is 10.2 Å². The summed E-state index contributed by atoms with van der Waals surface area (Å²) in [6.45, 7) is 1.76. The van der Waals surface area contributed by atoms with E-state index in [-0.39, 0.29) is 23.5 Å². The van der Waals surface area contributed by atoms with Crippen LogP contribution in [0.3, 0.4) is 0 Å². The molecule has 0 saturated carbocycles. The zero-order valence-corrected chi connectivity index (χ0v) is 17.6. The summed E-state index contributed by atoms with van der Waals surface area (Å²) in [6.07, 6.45) is 0. The van der Waals surface area contributed by atoms with E-state index in [2.05, 4.69) is 10.2 Å². The molecule has 30 heavy (non-hydrogen) atoms. The summed E-state index contributed by atoms with van der Waals surface area (Å²) in [5, 5.41) is 13.8. The Morgan fingerprint density at radius 1 is 1.10 bits per heavy atom. The van der Waals surface area contributed by atoms with Crippen molar-refractivity contribution in [2.45, 2.75) is 0 Å². The van der Waals surface area contributed by atoms with Gasteiger partial charge in [-0.1, -0.05) is 17.7 Å². The molecule has 0 atom stereocenters. The van der Waals surface area contributed by atoms with Crippen LogP contribution in [0.1, 0.15) is 10.4 Å². The van der Waals surface area contributed by atoms with E-state index in [1.54, 1.807) is 6.07 Å². The van der Waals surface area contributed by atoms with Gasteiger partial charge in [0.15, 0.2) is 0 Å². The normalized spacial score (nSPS) is 15.0. The first-order valence-electron chi connectivity index (χ1n) is 9.27. The number of carbonyl (C=O) groups excluding carboxylic acids is 1. The highest BCUT2D eigenvalue weighted by Crippen LogP contribution is 2.21. The van der Waals surface area contributed by atoms with Crippen LogP contribution in [0.2, 0.25) is 5.02 Å². The number of nitrogens with one attached hydrogen (secondary N) is 1. The molecule has 0 bridgehead atoms. The van der Waals surface area contributed by atoms with Crippen molar-refractivity contribution < 1.29 is 18.1 Å².